The molecular weight excluding hydrogens is 984 g/mol. The zero-order valence-corrected chi connectivity index (χ0v) is 32.7. The number of carbonyl (C=O) groups is 1. The number of aromatic nitrogens is 1. The monoisotopic (exact) mass is 995 g/mol. The Morgan fingerprint density at radius 2 is 0.667 bits per heavy atom. The summed E-state index contributed by atoms with van der Waals surface area (Å²) in [6.45, 7) is 0.181. The molecule has 6 aromatic carbocycles. The summed E-state index contributed by atoms with van der Waals surface area (Å²) in [4.78, 5) is 12.4. The molecule has 0 saturated heterocycles. The van der Waals surface area contributed by atoms with Crippen LogP contribution in [0.15, 0.2) is 60.7 Å². The first kappa shape index (κ1) is 49.1. The molecular formula is C41H12BCl2F20NO. The lowest BCUT2D eigenvalue weighted by Crippen LogP contribution is -2.81. The highest BCUT2D eigenvalue weighted by Crippen LogP contribution is 2.31. The molecule has 1 heterocycles. The number of carbonyl (C=O) groups excluding carboxylic acids is 1. The van der Waals surface area contributed by atoms with Gasteiger partial charge in [0.2, 0.25) is 17.8 Å². The third-order valence-electron chi connectivity index (χ3n) is 10.1. The fourth-order valence-electron chi connectivity index (χ4n) is 7.18. The summed E-state index contributed by atoms with van der Waals surface area (Å²) in [5, 5.41) is 1.91. The van der Waals surface area contributed by atoms with E-state index in [0.717, 1.165) is 10.9 Å². The second-order valence-corrected chi connectivity index (χ2v) is 14.3. The van der Waals surface area contributed by atoms with Gasteiger partial charge in [0, 0.05) is 17.7 Å². The molecule has 0 aliphatic heterocycles. The standard InChI is InChI=1S/C24BF20.C17H12Cl2NO/c26-5-1(6(27)14(35)21(42)13(5)34)25(2-7(28)15(36)22(43)16(37)8(2)29,3-9(30)17(38)23(44)18(39)10(3)31)4-11(32)19(40)24(45)20(41)12(4)33;18-14-10-17(19)20(15-9-5-4-8-13(14)15)11-16(21)12-6-2-1-3-7-12/h;1-10H,11H2/q-1;+1. The van der Waals surface area contributed by atoms with Crippen LogP contribution in [0.2, 0.25) is 10.2 Å². The molecule has 0 atom stereocenters. The Labute approximate surface area is 363 Å². The summed E-state index contributed by atoms with van der Waals surface area (Å²) in [7, 11) is 0. The number of fused-ring (bicyclic) bond motifs is 1. The topological polar surface area (TPSA) is 20.9 Å². The van der Waals surface area contributed by atoms with E-state index in [-0.39, 0.29) is 12.3 Å². The van der Waals surface area contributed by atoms with Gasteiger partial charge in [0.1, 0.15) is 52.7 Å². The van der Waals surface area contributed by atoms with Gasteiger partial charge in [-0.25, -0.2) is 87.8 Å². The molecule has 1 aromatic heterocycles. The maximum atomic E-state index is 15.4. The van der Waals surface area contributed by atoms with E-state index < -0.39 is 144 Å². The van der Waals surface area contributed by atoms with E-state index in [1.165, 1.54) is 0 Å². The molecule has 344 valence electrons. The number of Topliss-reactive ketones (excluding diaryl/α,β-unsaturated/α-hetero) is 1. The number of benzene rings is 6. The highest BCUT2D eigenvalue weighted by molar-refractivity contribution is 7.20. The van der Waals surface area contributed by atoms with Gasteiger partial charge in [-0.05, 0) is 17.7 Å². The van der Waals surface area contributed by atoms with Crippen molar-refractivity contribution in [1.82, 2.24) is 0 Å². The molecule has 0 aliphatic carbocycles. The van der Waals surface area contributed by atoms with E-state index in [2.05, 4.69) is 0 Å². The maximum Gasteiger partial charge on any atom is 0.277 e. The van der Waals surface area contributed by atoms with Gasteiger partial charge in [0.25, 0.3) is 5.15 Å². The number of para-hydroxylation sites is 1. The fourth-order valence-corrected chi connectivity index (χ4v) is 7.76. The highest BCUT2D eigenvalue weighted by atomic mass is 35.5. The van der Waals surface area contributed by atoms with E-state index in [9.17, 15) is 57.5 Å². The first-order chi connectivity index (χ1) is 30.9. The molecule has 0 amide bonds. The zero-order valence-electron chi connectivity index (χ0n) is 31.2. The molecule has 0 N–H and O–H groups in total. The molecule has 0 aliphatic rings. The van der Waals surface area contributed by atoms with Crippen molar-refractivity contribution >= 4 is 67.9 Å². The van der Waals surface area contributed by atoms with E-state index >= 15 is 35.1 Å². The Balaban J connectivity index is 0.000000284. The van der Waals surface area contributed by atoms with Crippen molar-refractivity contribution in [3.8, 4) is 0 Å². The summed E-state index contributed by atoms with van der Waals surface area (Å²) in [5.41, 5.74) is -12.8. The van der Waals surface area contributed by atoms with Crippen molar-refractivity contribution in [3.63, 3.8) is 0 Å². The summed E-state index contributed by atoms with van der Waals surface area (Å²) in [6.07, 6.45) is -7.22. The third kappa shape index (κ3) is 7.54. The molecule has 7 aromatic rings. The maximum absolute atomic E-state index is 15.4. The molecule has 2 nitrogen and oxygen atoms in total. The third-order valence-corrected chi connectivity index (χ3v) is 10.7. The van der Waals surface area contributed by atoms with Crippen LogP contribution < -0.4 is 26.4 Å². The molecule has 0 spiro atoms. The van der Waals surface area contributed by atoms with Gasteiger partial charge in [-0.1, -0.05) is 54.1 Å². The second-order valence-electron chi connectivity index (χ2n) is 13.5. The number of hydrogen-bond acceptors (Lipinski definition) is 1. The van der Waals surface area contributed by atoms with E-state index in [0.29, 0.717) is 15.7 Å². The van der Waals surface area contributed by atoms with Gasteiger partial charge in [-0.3, -0.25) is 4.79 Å². The van der Waals surface area contributed by atoms with Crippen LogP contribution in [0.25, 0.3) is 10.9 Å². The SMILES string of the molecule is Fc1c(F)c(F)c([B-](c2c(F)c(F)c(F)c(F)c2F)(c2c(F)c(F)c(F)c(F)c2F)c2c(F)c(F)c(F)c(F)c2F)c(F)c1F.O=C(C[n+]1c(Cl)cc(Cl)c2ccccc21)c1ccccc1. The van der Waals surface area contributed by atoms with Crippen LogP contribution in [-0.4, -0.2) is 11.9 Å². The molecule has 0 bridgehead atoms. The van der Waals surface area contributed by atoms with E-state index in [4.69, 9.17) is 23.2 Å². The summed E-state index contributed by atoms with van der Waals surface area (Å²) >= 11 is 12.5. The Hall–Kier alpha value is -6.36. The minimum atomic E-state index is -7.22. The van der Waals surface area contributed by atoms with Crippen molar-refractivity contribution in [1.29, 1.82) is 0 Å². The second kappa shape index (κ2) is 18.1. The normalized spacial score (nSPS) is 11.6. The average molecular weight is 996 g/mol. The lowest BCUT2D eigenvalue weighted by molar-refractivity contribution is -0.654. The van der Waals surface area contributed by atoms with Gasteiger partial charge >= 0.3 is 0 Å². The number of nitrogens with zero attached hydrogens (tertiary/aromatic N) is 1. The highest BCUT2D eigenvalue weighted by Gasteiger charge is 2.52. The van der Waals surface area contributed by atoms with Gasteiger partial charge in [0.05, 0.1) is 10.4 Å². The molecule has 25 heteroatoms. The van der Waals surface area contributed by atoms with Crippen molar-refractivity contribution in [3.05, 3.63) is 193 Å². The van der Waals surface area contributed by atoms with Crippen LogP contribution in [0.3, 0.4) is 0 Å². The summed E-state index contributed by atoms with van der Waals surface area (Å²) in [5.74, 6) is -71.4. The summed E-state index contributed by atoms with van der Waals surface area (Å²) < 4.78 is 296. The van der Waals surface area contributed by atoms with E-state index in [1.54, 1.807) is 22.8 Å². The predicted octanol–water partition coefficient (Wildman–Crippen LogP) is 10.2. The van der Waals surface area contributed by atoms with Crippen LogP contribution >= 0.6 is 23.2 Å². The number of hydrogen-bond donors (Lipinski definition) is 0. The molecule has 7 rings (SSSR count). The van der Waals surface area contributed by atoms with Crippen molar-refractivity contribution in [2.45, 2.75) is 6.54 Å². The molecule has 66 heavy (non-hydrogen) atoms. The lowest BCUT2D eigenvalue weighted by atomic mass is 9.12. The minimum Gasteiger partial charge on any atom is -0.287 e. The number of rotatable bonds is 7. The smallest absolute Gasteiger partial charge is 0.277 e. The van der Waals surface area contributed by atoms with Crippen molar-refractivity contribution in [2.24, 2.45) is 0 Å². The molecule has 0 radical (unpaired) electrons. The van der Waals surface area contributed by atoms with Gasteiger partial charge in [0.15, 0.2) is 69.8 Å². The quantitative estimate of drug-likeness (QED) is 0.0297. The first-order valence-electron chi connectivity index (χ1n) is 17.4. The molecule has 0 saturated carbocycles. The summed E-state index contributed by atoms with van der Waals surface area (Å²) in [6, 6.07) is 18.5. The number of ketones is 1. The fraction of sp³-hybridized carbons (Fsp3) is 0.0244. The first-order valence-corrected chi connectivity index (χ1v) is 18.2. The number of pyridine rings is 1. The largest absolute Gasteiger partial charge is 0.287 e. The zero-order chi connectivity index (χ0) is 49.2. The Bertz CT molecular complexity index is 2790. The van der Waals surface area contributed by atoms with Crippen LogP contribution in [0, 0.1) is 116 Å². The Morgan fingerprint density at radius 3 is 0.985 bits per heavy atom. The minimum absolute atomic E-state index is 0.00924. The van der Waals surface area contributed by atoms with Gasteiger partial charge in [-0.15, -0.1) is 21.9 Å². The van der Waals surface area contributed by atoms with Gasteiger partial charge in [-0.2, -0.15) is 4.57 Å². The Morgan fingerprint density at radius 1 is 0.394 bits per heavy atom. The average Bonchev–Trinajstić information content (AvgIpc) is 3.30. The van der Waals surface area contributed by atoms with Crippen molar-refractivity contribution < 1.29 is 97.2 Å². The van der Waals surface area contributed by atoms with Crippen LogP contribution in [0.5, 0.6) is 0 Å². The predicted molar refractivity (Wildman–Crippen MR) is 194 cm³/mol. The Kier molecular flexibility index (Phi) is 13.5. The number of halogens is 22. The van der Waals surface area contributed by atoms with Crippen molar-refractivity contribution in [2.75, 3.05) is 0 Å². The van der Waals surface area contributed by atoms with Gasteiger partial charge < -0.3 is 0 Å². The van der Waals surface area contributed by atoms with Crippen LogP contribution in [0.1, 0.15) is 10.4 Å². The molecule has 0 fully saturated rings. The van der Waals surface area contributed by atoms with E-state index in [1.807, 2.05) is 42.5 Å². The van der Waals surface area contributed by atoms with Crippen LogP contribution in [-0.2, 0) is 6.54 Å². The lowest BCUT2D eigenvalue weighted by Gasteiger charge is -2.44. The molecule has 0 unspecified atom stereocenters. The van der Waals surface area contributed by atoms with Crippen LogP contribution in [0.4, 0.5) is 87.8 Å².